The summed E-state index contributed by atoms with van der Waals surface area (Å²) in [6.45, 7) is 3.21. The summed E-state index contributed by atoms with van der Waals surface area (Å²) in [4.78, 5) is 13.0. The van der Waals surface area contributed by atoms with E-state index in [2.05, 4.69) is 24.4 Å². The number of aryl methyl sites for hydroxylation is 1. The Morgan fingerprint density at radius 3 is 2.95 bits per heavy atom. The van der Waals surface area contributed by atoms with Crippen molar-refractivity contribution in [1.82, 2.24) is 10.2 Å². The highest BCUT2D eigenvalue weighted by atomic mass is 16.5. The fourth-order valence-corrected chi connectivity index (χ4v) is 2.42. The average molecular weight is 262 g/mol. The van der Waals surface area contributed by atoms with Crippen molar-refractivity contribution in [2.45, 2.75) is 25.8 Å². The summed E-state index contributed by atoms with van der Waals surface area (Å²) in [5.41, 5.74) is 2.70. The van der Waals surface area contributed by atoms with Gasteiger partial charge in [-0.2, -0.15) is 0 Å². The molecule has 0 radical (unpaired) electrons. The first-order valence-corrected chi connectivity index (χ1v) is 6.81. The third kappa shape index (κ3) is 3.26. The van der Waals surface area contributed by atoms with Crippen LogP contribution in [0.1, 0.15) is 30.5 Å². The summed E-state index contributed by atoms with van der Waals surface area (Å²) in [6, 6.07) is 6.61. The predicted octanol–water partition coefficient (Wildman–Crippen LogP) is 1.75. The van der Waals surface area contributed by atoms with Crippen LogP contribution in [0.2, 0.25) is 0 Å². The summed E-state index contributed by atoms with van der Waals surface area (Å²) in [7, 11) is 3.46. The van der Waals surface area contributed by atoms with Crippen LogP contribution in [-0.4, -0.2) is 38.1 Å². The van der Waals surface area contributed by atoms with Crippen molar-refractivity contribution >= 4 is 5.91 Å². The summed E-state index contributed by atoms with van der Waals surface area (Å²) in [5.74, 6) is 0.761. The van der Waals surface area contributed by atoms with E-state index >= 15 is 0 Å². The highest BCUT2D eigenvalue weighted by molar-refractivity contribution is 5.77. The molecule has 1 unspecified atom stereocenters. The van der Waals surface area contributed by atoms with Gasteiger partial charge in [-0.1, -0.05) is 13.0 Å². The van der Waals surface area contributed by atoms with E-state index in [1.165, 1.54) is 16.0 Å². The van der Waals surface area contributed by atoms with E-state index in [0.29, 0.717) is 6.04 Å². The van der Waals surface area contributed by atoms with E-state index in [9.17, 15) is 4.79 Å². The number of likely N-dealkylation sites (N-methyl/N-ethyl adjacent to an activating group) is 1. The van der Waals surface area contributed by atoms with Crippen LogP contribution in [0.5, 0.6) is 5.75 Å². The second-order valence-corrected chi connectivity index (χ2v) is 5.09. The van der Waals surface area contributed by atoms with E-state index < -0.39 is 0 Å². The Kier molecular flexibility index (Phi) is 4.43. The zero-order chi connectivity index (χ0) is 13.8. The SMILES string of the molecule is CCNC1CCc2cc(OCC(=O)N(C)C)ccc21. The second-order valence-electron chi connectivity index (χ2n) is 5.09. The summed E-state index contributed by atoms with van der Waals surface area (Å²) < 4.78 is 5.54. The van der Waals surface area contributed by atoms with Gasteiger partial charge in [0.25, 0.3) is 5.91 Å². The Labute approximate surface area is 114 Å². The highest BCUT2D eigenvalue weighted by Gasteiger charge is 2.21. The van der Waals surface area contributed by atoms with Crippen LogP contribution in [0.15, 0.2) is 18.2 Å². The van der Waals surface area contributed by atoms with Crippen LogP contribution in [0.4, 0.5) is 0 Å². The van der Waals surface area contributed by atoms with Gasteiger partial charge in [-0.15, -0.1) is 0 Å². The van der Waals surface area contributed by atoms with Crippen molar-refractivity contribution in [2.75, 3.05) is 27.2 Å². The number of carbonyl (C=O) groups is 1. The lowest BCUT2D eigenvalue weighted by Crippen LogP contribution is -2.27. The van der Waals surface area contributed by atoms with Gasteiger partial charge in [0, 0.05) is 20.1 Å². The van der Waals surface area contributed by atoms with Crippen molar-refractivity contribution < 1.29 is 9.53 Å². The summed E-state index contributed by atoms with van der Waals surface area (Å²) in [6.07, 6.45) is 2.22. The fraction of sp³-hybridized carbons (Fsp3) is 0.533. The molecule has 0 aromatic heterocycles. The van der Waals surface area contributed by atoms with E-state index in [-0.39, 0.29) is 12.5 Å². The first kappa shape index (κ1) is 13.9. The van der Waals surface area contributed by atoms with Gasteiger partial charge < -0.3 is 15.0 Å². The quantitative estimate of drug-likeness (QED) is 0.879. The molecule has 4 heteroatoms. The normalized spacial score (nSPS) is 17.1. The molecule has 0 fully saturated rings. The van der Waals surface area contributed by atoms with Crippen molar-refractivity contribution in [1.29, 1.82) is 0 Å². The fourth-order valence-electron chi connectivity index (χ4n) is 2.42. The zero-order valence-corrected chi connectivity index (χ0v) is 11.9. The van der Waals surface area contributed by atoms with Crippen molar-refractivity contribution in [3.63, 3.8) is 0 Å². The number of carbonyl (C=O) groups excluding carboxylic acids is 1. The molecule has 1 N–H and O–H groups in total. The molecule has 4 nitrogen and oxygen atoms in total. The smallest absolute Gasteiger partial charge is 0.259 e. The molecule has 1 amide bonds. The first-order valence-electron chi connectivity index (χ1n) is 6.81. The van der Waals surface area contributed by atoms with Gasteiger partial charge >= 0.3 is 0 Å². The maximum absolute atomic E-state index is 11.5. The third-order valence-electron chi connectivity index (χ3n) is 3.50. The molecule has 1 aromatic carbocycles. The molecule has 0 aliphatic heterocycles. The molecule has 1 aromatic rings. The largest absolute Gasteiger partial charge is 0.484 e. The van der Waals surface area contributed by atoms with Crippen LogP contribution in [0.25, 0.3) is 0 Å². The van der Waals surface area contributed by atoms with Crippen LogP contribution in [0, 0.1) is 0 Å². The highest BCUT2D eigenvalue weighted by Crippen LogP contribution is 2.33. The van der Waals surface area contributed by atoms with Crippen LogP contribution < -0.4 is 10.1 Å². The Hall–Kier alpha value is -1.55. The molecule has 19 heavy (non-hydrogen) atoms. The average Bonchev–Trinajstić information content (AvgIpc) is 2.79. The van der Waals surface area contributed by atoms with Crippen molar-refractivity contribution in [2.24, 2.45) is 0 Å². The van der Waals surface area contributed by atoms with E-state index in [4.69, 9.17) is 4.74 Å². The Bertz CT molecular complexity index is 457. The molecule has 0 bridgehead atoms. The minimum Gasteiger partial charge on any atom is -0.484 e. The number of ether oxygens (including phenoxy) is 1. The van der Waals surface area contributed by atoms with Gasteiger partial charge in [-0.05, 0) is 42.6 Å². The standard InChI is InChI=1S/C15H22N2O2/c1-4-16-14-8-5-11-9-12(6-7-13(11)14)19-10-15(18)17(2)3/h6-7,9,14,16H,4-5,8,10H2,1-3H3. The Balaban J connectivity index is 2.00. The van der Waals surface area contributed by atoms with Gasteiger partial charge in [-0.3, -0.25) is 4.79 Å². The monoisotopic (exact) mass is 262 g/mol. The maximum Gasteiger partial charge on any atom is 0.259 e. The minimum absolute atomic E-state index is 0.0222. The molecule has 0 saturated heterocycles. The summed E-state index contributed by atoms with van der Waals surface area (Å²) >= 11 is 0. The molecular weight excluding hydrogens is 240 g/mol. The number of nitrogens with one attached hydrogen (secondary N) is 1. The van der Waals surface area contributed by atoms with Gasteiger partial charge in [-0.25, -0.2) is 0 Å². The third-order valence-corrected chi connectivity index (χ3v) is 3.50. The lowest BCUT2D eigenvalue weighted by atomic mass is 10.1. The number of amides is 1. The van der Waals surface area contributed by atoms with E-state index in [1.54, 1.807) is 14.1 Å². The minimum atomic E-state index is -0.0222. The number of benzene rings is 1. The molecule has 1 aliphatic rings. The van der Waals surface area contributed by atoms with Crippen LogP contribution >= 0.6 is 0 Å². The molecule has 1 aliphatic carbocycles. The van der Waals surface area contributed by atoms with Gasteiger partial charge in [0.15, 0.2) is 6.61 Å². The maximum atomic E-state index is 11.5. The number of fused-ring (bicyclic) bond motifs is 1. The molecule has 0 saturated carbocycles. The molecule has 2 rings (SSSR count). The summed E-state index contributed by atoms with van der Waals surface area (Å²) in [5, 5.41) is 3.48. The second kappa shape index (κ2) is 6.06. The molecule has 0 spiro atoms. The topological polar surface area (TPSA) is 41.6 Å². The molecule has 104 valence electrons. The van der Waals surface area contributed by atoms with E-state index in [1.807, 2.05) is 6.07 Å². The Morgan fingerprint density at radius 2 is 2.26 bits per heavy atom. The van der Waals surface area contributed by atoms with Gasteiger partial charge in [0.1, 0.15) is 5.75 Å². The predicted molar refractivity (Wildman–Crippen MR) is 75.4 cm³/mol. The first-order chi connectivity index (χ1) is 9.11. The van der Waals surface area contributed by atoms with Gasteiger partial charge in [0.05, 0.1) is 0 Å². The lowest BCUT2D eigenvalue weighted by molar-refractivity contribution is -0.130. The van der Waals surface area contributed by atoms with Crippen molar-refractivity contribution in [3.05, 3.63) is 29.3 Å². The number of nitrogens with zero attached hydrogens (tertiary/aromatic N) is 1. The number of rotatable bonds is 5. The van der Waals surface area contributed by atoms with Gasteiger partial charge in [0.2, 0.25) is 0 Å². The van der Waals surface area contributed by atoms with E-state index in [0.717, 1.165) is 25.1 Å². The molecule has 0 heterocycles. The Morgan fingerprint density at radius 1 is 1.47 bits per heavy atom. The van der Waals surface area contributed by atoms with Crippen molar-refractivity contribution in [3.8, 4) is 5.75 Å². The molecule has 1 atom stereocenters. The zero-order valence-electron chi connectivity index (χ0n) is 11.9. The molecular formula is C15H22N2O2. The number of hydrogen-bond acceptors (Lipinski definition) is 3. The lowest BCUT2D eigenvalue weighted by Gasteiger charge is -2.14. The van der Waals surface area contributed by atoms with Crippen LogP contribution in [0.3, 0.4) is 0 Å². The number of hydrogen-bond donors (Lipinski definition) is 1. The van der Waals surface area contributed by atoms with Crippen LogP contribution in [-0.2, 0) is 11.2 Å².